The highest BCUT2D eigenvalue weighted by molar-refractivity contribution is 6.00. The van der Waals surface area contributed by atoms with E-state index in [-0.39, 0.29) is 37.2 Å². The van der Waals surface area contributed by atoms with E-state index < -0.39 is 0 Å². The van der Waals surface area contributed by atoms with Gasteiger partial charge in [-0.25, -0.2) is 9.15 Å². The van der Waals surface area contributed by atoms with Crippen molar-refractivity contribution in [1.29, 1.82) is 0 Å². The van der Waals surface area contributed by atoms with Gasteiger partial charge in [-0.2, -0.15) is 0 Å². The minimum absolute atomic E-state index is 0. The highest BCUT2D eigenvalue weighted by Gasteiger charge is 1.99. The number of hydrogen-bond acceptors (Lipinski definition) is 1. The lowest BCUT2D eigenvalue weighted by Crippen LogP contribution is -3.00. The molecular weight excluding hydrogens is 268 g/mol. The van der Waals surface area contributed by atoms with Crippen LogP contribution in [0.15, 0.2) is 11.8 Å². The predicted molar refractivity (Wildman–Crippen MR) is 65.4 cm³/mol. The van der Waals surface area contributed by atoms with Crippen LogP contribution in [0.2, 0.25) is 0 Å². The minimum Gasteiger partial charge on any atom is -1.00 e. The third-order valence-electron chi connectivity index (χ3n) is 1.22. The Hall–Kier alpha value is -0.250. The first-order chi connectivity index (χ1) is 5.91. The molecule has 0 atom stereocenters. The highest BCUT2D eigenvalue weighted by atomic mass is 35.5. The maximum atomic E-state index is 2.08. The van der Waals surface area contributed by atoms with Crippen molar-refractivity contribution in [2.75, 3.05) is 42.3 Å². The highest BCUT2D eigenvalue weighted by Crippen LogP contribution is 1.87. The molecule has 0 fully saturated rings. The smallest absolute Gasteiger partial charge is 0.177 e. The summed E-state index contributed by atoms with van der Waals surface area (Å²) in [5.41, 5.74) is 1.18. The second kappa shape index (κ2) is 12.8. The first kappa shape index (κ1) is 24.8. The van der Waals surface area contributed by atoms with Crippen LogP contribution in [-0.2, 0) is 0 Å². The molecule has 0 aromatic heterocycles. The normalized spacial score (nSPS) is 7.12. The second-order valence-corrected chi connectivity index (χ2v) is 3.78. The molecule has 16 heavy (non-hydrogen) atoms. The molecule has 3 nitrogen and oxygen atoms in total. The summed E-state index contributed by atoms with van der Waals surface area (Å²) in [6.45, 7) is 0. The molecule has 0 aliphatic rings. The molecule has 0 saturated heterocycles. The molecule has 0 saturated carbocycles. The summed E-state index contributed by atoms with van der Waals surface area (Å²) in [5, 5.41) is 0. The summed E-state index contributed by atoms with van der Waals surface area (Å²) >= 11 is 0. The van der Waals surface area contributed by atoms with Crippen molar-refractivity contribution in [2.45, 2.75) is 0 Å². The molecule has 0 aromatic carbocycles. The van der Waals surface area contributed by atoms with Crippen molar-refractivity contribution >= 4 is 24.8 Å². The zero-order valence-corrected chi connectivity index (χ0v) is 13.1. The van der Waals surface area contributed by atoms with E-state index in [0.29, 0.717) is 0 Å². The molecule has 0 aliphatic heterocycles. The van der Waals surface area contributed by atoms with Crippen molar-refractivity contribution in [1.82, 2.24) is 4.90 Å². The van der Waals surface area contributed by atoms with E-state index in [1.54, 1.807) is 0 Å². The Kier molecular flexibility index (Phi) is 19.9. The molecule has 0 amide bonds. The van der Waals surface area contributed by atoms with E-state index in [1.165, 1.54) is 5.57 Å². The third-order valence-corrected chi connectivity index (χ3v) is 1.22. The predicted octanol–water partition coefficient (Wildman–Crippen LogP) is -5.45. The Bertz CT molecular complexity index is 230. The van der Waals surface area contributed by atoms with Crippen molar-refractivity contribution < 1.29 is 34.0 Å². The van der Waals surface area contributed by atoms with Crippen molar-refractivity contribution in [3.05, 3.63) is 11.8 Å². The van der Waals surface area contributed by atoms with Crippen molar-refractivity contribution in [3.63, 3.8) is 0 Å². The zero-order valence-electron chi connectivity index (χ0n) is 10.7. The van der Waals surface area contributed by atoms with E-state index in [1.807, 2.05) is 56.3 Å². The number of rotatable bonds is 3. The van der Waals surface area contributed by atoms with Gasteiger partial charge < -0.3 is 29.7 Å². The Labute approximate surface area is 118 Å². The topological polar surface area (TPSA) is 9.26 Å². The van der Waals surface area contributed by atoms with Gasteiger partial charge in [-0.15, -0.1) is 12.4 Å². The fourth-order valence-corrected chi connectivity index (χ4v) is 0.994. The molecule has 0 N–H and O–H groups in total. The molecule has 0 unspecified atom stereocenters. The van der Waals surface area contributed by atoms with Gasteiger partial charge in [-0.3, -0.25) is 0 Å². The van der Waals surface area contributed by atoms with E-state index in [2.05, 4.69) is 18.6 Å². The summed E-state index contributed by atoms with van der Waals surface area (Å²) in [6.07, 6.45) is 6.25. The minimum atomic E-state index is 0. The Morgan fingerprint density at radius 3 is 1.38 bits per heavy atom. The van der Waals surface area contributed by atoms with Gasteiger partial charge in [0.05, 0.1) is 0 Å². The lowest BCUT2D eigenvalue weighted by Gasteiger charge is -2.03. The fraction of sp³-hybridized carbons (Fsp3) is 0.600. The summed E-state index contributed by atoms with van der Waals surface area (Å²) in [6, 6.07) is 0. The Balaban J connectivity index is -0.000000240. The standard InChI is InChI=1S/C10H21N3.3ClH/c1-11(2)7-10(8-12(3)4)9-13(5)6;;;/h7-9H,1-6H3;3*1H/q+2;;;/p-2. The number of nitrogens with zero attached hydrogens (tertiary/aromatic N) is 3. The lowest BCUT2D eigenvalue weighted by molar-refractivity contribution is -0.462. The van der Waals surface area contributed by atoms with Crippen LogP contribution in [0.4, 0.5) is 0 Å². The molecule has 0 rings (SSSR count). The molecule has 98 valence electrons. The van der Waals surface area contributed by atoms with E-state index in [4.69, 9.17) is 0 Å². The van der Waals surface area contributed by atoms with Gasteiger partial charge in [0.25, 0.3) is 0 Å². The SMILES string of the molecule is CN(C)C=C(C=[N+](C)C)C=[N+](C)C.Cl.[Cl-].[Cl-]. The molecular formula is C10H22Cl3N3. The van der Waals surface area contributed by atoms with E-state index in [9.17, 15) is 0 Å². The summed E-state index contributed by atoms with van der Waals surface area (Å²) in [7, 11) is 12.1. The zero-order chi connectivity index (χ0) is 10.4. The van der Waals surface area contributed by atoms with Gasteiger partial charge in [-0.05, 0) is 0 Å². The van der Waals surface area contributed by atoms with E-state index in [0.717, 1.165) is 0 Å². The Morgan fingerprint density at radius 1 is 0.875 bits per heavy atom. The maximum Gasteiger partial charge on any atom is 0.177 e. The average molecular weight is 291 g/mol. The average Bonchev–Trinajstić information content (AvgIpc) is 1.80. The van der Waals surface area contributed by atoms with Gasteiger partial charge >= 0.3 is 0 Å². The molecule has 0 spiro atoms. The summed E-state index contributed by atoms with van der Waals surface area (Å²) in [5.74, 6) is 0. The van der Waals surface area contributed by atoms with Crippen molar-refractivity contribution in [3.8, 4) is 0 Å². The molecule has 0 aromatic rings. The van der Waals surface area contributed by atoms with Gasteiger partial charge in [0.15, 0.2) is 12.4 Å². The monoisotopic (exact) mass is 289 g/mol. The number of allylic oxidation sites excluding steroid dienone is 1. The quantitative estimate of drug-likeness (QED) is 0.372. The van der Waals surface area contributed by atoms with Crippen LogP contribution in [0.1, 0.15) is 0 Å². The second-order valence-electron chi connectivity index (χ2n) is 3.78. The fourth-order valence-electron chi connectivity index (χ4n) is 0.994. The molecule has 0 aliphatic carbocycles. The van der Waals surface area contributed by atoms with Gasteiger partial charge in [0, 0.05) is 20.3 Å². The van der Waals surface area contributed by atoms with Crippen LogP contribution in [0, 0.1) is 0 Å². The molecule has 0 radical (unpaired) electrons. The van der Waals surface area contributed by atoms with Gasteiger partial charge in [0.1, 0.15) is 33.8 Å². The summed E-state index contributed by atoms with van der Waals surface area (Å²) < 4.78 is 4.07. The first-order valence-electron chi connectivity index (χ1n) is 4.32. The van der Waals surface area contributed by atoms with Crippen LogP contribution in [-0.4, -0.2) is 68.8 Å². The first-order valence-corrected chi connectivity index (χ1v) is 4.32. The van der Waals surface area contributed by atoms with Gasteiger partial charge in [0.2, 0.25) is 0 Å². The molecule has 0 heterocycles. The Morgan fingerprint density at radius 2 is 1.19 bits per heavy atom. The number of halogens is 3. The van der Waals surface area contributed by atoms with Crippen molar-refractivity contribution in [2.24, 2.45) is 0 Å². The number of hydrogen-bond donors (Lipinski definition) is 0. The summed E-state index contributed by atoms with van der Waals surface area (Å²) in [4.78, 5) is 2.04. The third kappa shape index (κ3) is 16.2. The largest absolute Gasteiger partial charge is 1.00 e. The van der Waals surface area contributed by atoms with E-state index >= 15 is 0 Å². The molecule has 6 heteroatoms. The van der Waals surface area contributed by atoms with Crippen LogP contribution in [0.5, 0.6) is 0 Å². The van der Waals surface area contributed by atoms with Crippen LogP contribution in [0.25, 0.3) is 0 Å². The van der Waals surface area contributed by atoms with Crippen LogP contribution >= 0.6 is 12.4 Å². The van der Waals surface area contributed by atoms with Crippen LogP contribution < -0.4 is 24.8 Å². The molecule has 0 bridgehead atoms. The van der Waals surface area contributed by atoms with Crippen LogP contribution in [0.3, 0.4) is 0 Å². The lowest BCUT2D eigenvalue weighted by atomic mass is 10.3. The van der Waals surface area contributed by atoms with Gasteiger partial charge in [-0.1, -0.05) is 0 Å². The maximum absolute atomic E-state index is 2.08.